The van der Waals surface area contributed by atoms with Crippen molar-refractivity contribution in [2.75, 3.05) is 33.0 Å². The van der Waals surface area contributed by atoms with Crippen LogP contribution in [0, 0.1) is 0 Å². The molecule has 6 rings (SSSR count). The van der Waals surface area contributed by atoms with Gasteiger partial charge in [-0.25, -0.2) is 14.2 Å². The summed E-state index contributed by atoms with van der Waals surface area (Å²) in [5.74, 6) is -8.59. The molecule has 6 heterocycles. The third-order valence-electron chi connectivity index (χ3n) is 14.3. The van der Waals surface area contributed by atoms with Crippen LogP contribution in [0.4, 0.5) is 0 Å². The van der Waals surface area contributed by atoms with E-state index in [0.29, 0.717) is 0 Å². The maximum atomic E-state index is 12.4. The van der Waals surface area contributed by atoms with Gasteiger partial charge in [0.25, 0.3) is 5.79 Å². The number of aliphatic hydroxyl groups excluding tert-OH is 18. The first kappa shape index (κ1) is 69.4. The third kappa shape index (κ3) is 15.4. The number of nitrogens with one attached hydrogen (secondary N) is 1. The molecule has 0 saturated carbocycles. The number of carbonyl (C=O) groups is 3. The predicted molar refractivity (Wildman–Crippen MR) is 245 cm³/mol. The smallest absolute Gasteiger partial charge is 0.469 e. The molecule has 6 aliphatic rings. The highest BCUT2D eigenvalue weighted by molar-refractivity contribution is 7.46. The van der Waals surface area contributed by atoms with Crippen LogP contribution < -0.4 is 5.32 Å². The fourth-order valence-corrected chi connectivity index (χ4v) is 10.5. The van der Waals surface area contributed by atoms with Gasteiger partial charge in [0.05, 0.1) is 33.0 Å². The van der Waals surface area contributed by atoms with Gasteiger partial charge in [-0.15, -0.1) is 0 Å². The molecule has 1 amide bonds. The quantitative estimate of drug-likeness (QED) is 0.0422. The van der Waals surface area contributed by atoms with Gasteiger partial charge in [-0.1, -0.05) is 0 Å². The number of hydrogen-bond donors (Lipinski definition) is 24. The highest BCUT2D eigenvalue weighted by atomic mass is 31.2. The highest BCUT2D eigenvalue weighted by Crippen LogP contribution is 2.46. The molecular formula is C42H70NO39P. The number of carboxylic acid groups (broad SMARTS) is 2. The Morgan fingerprint density at radius 2 is 1.05 bits per heavy atom. The van der Waals surface area contributed by atoms with E-state index in [9.17, 15) is 136 Å². The molecule has 40 nitrogen and oxygen atoms in total. The summed E-state index contributed by atoms with van der Waals surface area (Å²) in [5, 5.41) is 228. The average molecular weight is 1240 g/mol. The molecule has 6 saturated heterocycles. The number of carboxylic acids is 2. The Morgan fingerprint density at radius 3 is 1.59 bits per heavy atom. The molecule has 83 heavy (non-hydrogen) atoms. The summed E-state index contributed by atoms with van der Waals surface area (Å²) in [6.45, 7) is -5.10. The molecule has 32 atom stereocenters. The zero-order valence-corrected chi connectivity index (χ0v) is 43.8. The van der Waals surface area contributed by atoms with Gasteiger partial charge >= 0.3 is 19.8 Å². The predicted octanol–water partition coefficient (Wildman–Crippen LogP) is -15.2. The lowest BCUT2D eigenvalue weighted by Crippen LogP contribution is -2.70. The van der Waals surface area contributed by atoms with E-state index >= 15 is 0 Å². The molecule has 0 bridgehead atoms. The number of rotatable bonds is 23. The van der Waals surface area contributed by atoms with Crippen molar-refractivity contribution >= 4 is 25.7 Å². The van der Waals surface area contributed by atoms with Crippen molar-refractivity contribution in [1.82, 2.24) is 5.32 Å². The monoisotopic (exact) mass is 1240 g/mol. The van der Waals surface area contributed by atoms with E-state index in [1.54, 1.807) is 0 Å². The van der Waals surface area contributed by atoms with E-state index in [-0.39, 0.29) is 0 Å². The van der Waals surface area contributed by atoms with Crippen molar-refractivity contribution in [1.29, 1.82) is 0 Å². The Bertz CT molecular complexity index is 2170. The fourth-order valence-electron chi connectivity index (χ4n) is 9.91. The minimum atomic E-state index is -5.86. The van der Waals surface area contributed by atoms with Crippen molar-refractivity contribution in [2.45, 2.75) is 209 Å². The second kappa shape index (κ2) is 28.6. The maximum absolute atomic E-state index is 12.4. The van der Waals surface area contributed by atoms with Gasteiger partial charge < -0.3 is 174 Å². The molecule has 0 aromatic rings. The molecule has 0 spiro atoms. The van der Waals surface area contributed by atoms with Crippen LogP contribution in [0.5, 0.6) is 0 Å². The van der Waals surface area contributed by atoms with E-state index < -0.39 is 261 Å². The second-order valence-electron chi connectivity index (χ2n) is 20.1. The molecule has 0 aliphatic carbocycles. The number of aliphatic hydroxyl groups is 19. The molecule has 6 aliphatic heterocycles. The van der Waals surface area contributed by atoms with Crippen molar-refractivity contribution < 1.29 is 193 Å². The molecule has 482 valence electrons. The molecule has 0 aromatic heterocycles. The van der Waals surface area contributed by atoms with Crippen LogP contribution in [0.1, 0.15) is 13.3 Å². The summed E-state index contributed by atoms with van der Waals surface area (Å²) in [6.07, 6.45) is -72.5. The van der Waals surface area contributed by atoms with Crippen molar-refractivity contribution in [2.24, 2.45) is 0 Å². The van der Waals surface area contributed by atoms with Crippen LogP contribution in [-0.2, 0) is 75.6 Å². The van der Waals surface area contributed by atoms with E-state index in [2.05, 4.69) is 5.32 Å². The number of ether oxygens (including phenoxy) is 11. The van der Waals surface area contributed by atoms with Gasteiger partial charge in [0, 0.05) is 13.3 Å². The molecule has 0 aromatic carbocycles. The van der Waals surface area contributed by atoms with E-state index in [0.717, 1.165) is 6.92 Å². The van der Waals surface area contributed by atoms with Gasteiger partial charge in [-0.05, 0) is 0 Å². The molecule has 0 unspecified atom stereocenters. The van der Waals surface area contributed by atoms with E-state index in [1.165, 1.54) is 0 Å². The number of phosphoric acid groups is 1. The standard InChI is InChI=1S/C42H70NO39P/c1-8(48)43-15-18(54)16(52)13(5-46)72-36(15)71-7-11(51)27-22(58)23(59)33(79-38-25(61)20(56)21(57)32(78-38)35(63)64)40(74-27)77-31-26(62)39(75-28(9(49)3-44)34(31)80-37-24(60)19(55)17(53)14(6-47)73-37)76-30-12(82-83(68,69)70)2-42(67,41(65)66)81-29(30)10(50)4-45/h9-34,36-40,44-47,49-62,67H,2-7H2,1H3,(H,43,48)(H,63,64)(H,65,66)(H2,68,69,70)/t9-,10+,11-,12+,13+,14+,15+,16+,17+,18+,19-,20-,21-,22-,23-,24+,25+,26-,27+,28+,29+,30+,31+,32-,33-,34+,36-,37-,38+,39+,40+,42+/m0/s1. The van der Waals surface area contributed by atoms with Gasteiger partial charge in [0.15, 0.2) is 37.6 Å². The minimum absolute atomic E-state index is 0.828. The summed E-state index contributed by atoms with van der Waals surface area (Å²) in [6, 6.07) is -1.66. The number of aliphatic carboxylic acids is 2. The summed E-state index contributed by atoms with van der Waals surface area (Å²) < 4.78 is 79.1. The molecular weight excluding hydrogens is 1170 g/mol. The molecule has 24 N–H and O–H groups in total. The Balaban J connectivity index is 1.47. The summed E-state index contributed by atoms with van der Waals surface area (Å²) in [7, 11) is -5.86. The lowest BCUT2D eigenvalue weighted by atomic mass is 9.91. The number of hydrogen-bond acceptors (Lipinski definition) is 35. The fraction of sp³-hybridized carbons (Fsp3) is 0.929. The van der Waals surface area contributed by atoms with Crippen molar-refractivity contribution in [3.05, 3.63) is 0 Å². The maximum Gasteiger partial charge on any atom is 0.469 e. The second-order valence-corrected chi connectivity index (χ2v) is 21.3. The van der Waals surface area contributed by atoms with Crippen molar-refractivity contribution in [3.8, 4) is 0 Å². The van der Waals surface area contributed by atoms with Gasteiger partial charge in [-0.3, -0.25) is 9.32 Å². The first-order valence-electron chi connectivity index (χ1n) is 25.1. The summed E-state index contributed by atoms with van der Waals surface area (Å²) in [4.78, 5) is 56.2. The lowest BCUT2D eigenvalue weighted by molar-refractivity contribution is -0.413. The average Bonchev–Trinajstić information content (AvgIpc) is 2.61. The Labute approximate surface area is 465 Å². The third-order valence-corrected chi connectivity index (χ3v) is 14.8. The Morgan fingerprint density at radius 1 is 0.554 bits per heavy atom. The number of amides is 1. The number of carbonyl (C=O) groups excluding carboxylic acids is 1. The largest absolute Gasteiger partial charge is 0.479 e. The Kier molecular flexibility index (Phi) is 24.0. The topological polar surface area (TPSA) is 656 Å². The first-order chi connectivity index (χ1) is 38.7. The van der Waals surface area contributed by atoms with Crippen LogP contribution >= 0.6 is 7.82 Å². The van der Waals surface area contributed by atoms with Gasteiger partial charge in [0.2, 0.25) is 5.91 Å². The molecule has 41 heteroatoms. The molecule has 0 radical (unpaired) electrons. The lowest BCUT2D eigenvalue weighted by Gasteiger charge is -2.52. The number of phosphoric ester groups is 1. The SMILES string of the molecule is CC(=O)N[C@H]1[C@@H](OC[C@H](O)[C@H]2O[C@H](O[C@@H]3[C@H](O)[C@@H](O[C@H]4[C@@H]([C@H](O)CO)O[C@@](O)(C(=O)O)C[C@H]4OP(=O)(O)O)O[C@H]([C@@H](O)CO)[C@H]3O[C@@H]3O[C@H](CO)[C@@H](O)[C@H](O)[C@H]3O)[C@@H](O[C@H]3O[C@H](C(=O)O)[C@@H](O)[C@H](O)[C@H]3O)[C@@H](O)[C@@H]2O)O[C@H](CO)[C@@H](O)[C@@H]1O. The Hall–Kier alpha value is -2.68. The normalized spacial score (nSPS) is 46.6. The van der Waals surface area contributed by atoms with Crippen LogP contribution in [0.3, 0.4) is 0 Å². The minimum Gasteiger partial charge on any atom is -0.479 e. The van der Waals surface area contributed by atoms with Crippen molar-refractivity contribution in [3.63, 3.8) is 0 Å². The summed E-state index contributed by atoms with van der Waals surface area (Å²) >= 11 is 0. The van der Waals surface area contributed by atoms with Crippen LogP contribution in [-0.4, -0.2) is 364 Å². The van der Waals surface area contributed by atoms with Gasteiger partial charge in [-0.2, -0.15) is 0 Å². The highest BCUT2D eigenvalue weighted by Gasteiger charge is 2.62. The first-order valence-corrected chi connectivity index (χ1v) is 26.6. The zero-order valence-electron chi connectivity index (χ0n) is 42.9. The van der Waals surface area contributed by atoms with E-state index in [4.69, 9.17) is 56.6 Å². The van der Waals surface area contributed by atoms with Gasteiger partial charge in [0.1, 0.15) is 153 Å². The van der Waals surface area contributed by atoms with Crippen LogP contribution in [0.25, 0.3) is 0 Å². The molecule has 6 fully saturated rings. The zero-order chi connectivity index (χ0) is 62.1. The summed E-state index contributed by atoms with van der Waals surface area (Å²) in [5.41, 5.74) is 0. The van der Waals surface area contributed by atoms with Crippen LogP contribution in [0.15, 0.2) is 0 Å². The van der Waals surface area contributed by atoms with E-state index in [1.807, 2.05) is 0 Å². The van der Waals surface area contributed by atoms with Crippen LogP contribution in [0.2, 0.25) is 0 Å².